The van der Waals surface area contributed by atoms with Crippen molar-refractivity contribution >= 4 is 5.82 Å². The van der Waals surface area contributed by atoms with Crippen molar-refractivity contribution in [3.8, 4) is 0 Å². The Morgan fingerprint density at radius 2 is 2.30 bits per heavy atom. The van der Waals surface area contributed by atoms with Crippen molar-refractivity contribution in [2.45, 2.75) is 0 Å². The van der Waals surface area contributed by atoms with E-state index in [0.717, 1.165) is 6.20 Å². The predicted molar refractivity (Wildman–Crippen MR) is 28.2 cm³/mol. The number of aromatic nitrogens is 2. The zero-order valence-electron chi connectivity index (χ0n) is 5.34. The molecule has 0 aliphatic rings. The average molecular weight is 151 g/mol. The molecule has 48 valence electrons. The van der Waals surface area contributed by atoms with Gasteiger partial charge >= 0.3 is 29.6 Å². The number of halogens is 1. The van der Waals surface area contributed by atoms with Gasteiger partial charge in [-0.05, 0) is 6.20 Å². The number of rotatable bonds is 0. The first kappa shape index (κ1) is 9.61. The molecule has 0 aliphatic carbocycles. The van der Waals surface area contributed by atoms with Crippen LogP contribution in [0.5, 0.6) is 0 Å². The van der Waals surface area contributed by atoms with Crippen LogP contribution in [0, 0.1) is 5.82 Å². The van der Waals surface area contributed by atoms with Crippen LogP contribution in [0.25, 0.3) is 0 Å². The molecule has 0 unspecified atom stereocenters. The molecule has 10 heavy (non-hydrogen) atoms. The van der Waals surface area contributed by atoms with Crippen molar-refractivity contribution in [1.82, 2.24) is 9.97 Å². The van der Waals surface area contributed by atoms with Gasteiger partial charge in [-0.1, -0.05) is 0 Å². The molecule has 0 spiro atoms. The molecular formula is C4H3FN3NaO. The van der Waals surface area contributed by atoms with E-state index in [9.17, 15) is 9.18 Å². The molecule has 1 aromatic rings. The maximum atomic E-state index is 12.1. The second-order valence-corrected chi connectivity index (χ2v) is 1.39. The fourth-order valence-corrected chi connectivity index (χ4v) is 0.363. The predicted octanol–water partition coefficient (Wildman–Crippen LogP) is -3.88. The summed E-state index contributed by atoms with van der Waals surface area (Å²) in [4.78, 5) is 16.2. The number of hydrogen-bond acceptors (Lipinski definition) is 3. The molecule has 0 saturated heterocycles. The zero-order chi connectivity index (χ0) is 6.85. The van der Waals surface area contributed by atoms with E-state index < -0.39 is 17.3 Å². The summed E-state index contributed by atoms with van der Waals surface area (Å²) in [7, 11) is 0. The summed E-state index contributed by atoms with van der Waals surface area (Å²) in [5.41, 5.74) is 4.12. The second kappa shape index (κ2) is 3.70. The molecule has 4 nitrogen and oxygen atoms in total. The molecule has 1 heterocycles. The first-order valence-electron chi connectivity index (χ1n) is 2.15. The summed E-state index contributed by atoms with van der Waals surface area (Å²) in [6, 6.07) is 0. The van der Waals surface area contributed by atoms with Crippen molar-refractivity contribution in [2.24, 2.45) is 0 Å². The van der Waals surface area contributed by atoms with E-state index in [4.69, 9.17) is 5.73 Å². The molecule has 1 rings (SSSR count). The normalized spacial score (nSPS) is 8.50. The number of nitrogens with two attached hydrogens (primary N) is 1. The van der Waals surface area contributed by atoms with Crippen molar-refractivity contribution in [2.75, 3.05) is 5.73 Å². The van der Waals surface area contributed by atoms with Crippen LogP contribution in [0.2, 0.25) is 0 Å². The average Bonchev–Trinajstić information content (AvgIpc) is 1.80. The van der Waals surface area contributed by atoms with Crippen molar-refractivity contribution < 1.29 is 33.9 Å². The van der Waals surface area contributed by atoms with Crippen LogP contribution in [0.1, 0.15) is 0 Å². The topological polar surface area (TPSA) is 70.1 Å². The van der Waals surface area contributed by atoms with Crippen molar-refractivity contribution in [1.29, 1.82) is 0 Å². The van der Waals surface area contributed by atoms with Gasteiger partial charge in [0.1, 0.15) is 5.82 Å². The Kier molecular flexibility index (Phi) is 3.55. The van der Waals surface area contributed by atoms with Gasteiger partial charge in [0.05, 0.1) is 5.82 Å². The minimum Gasteiger partial charge on any atom is -0.404 e. The van der Waals surface area contributed by atoms with Crippen LogP contribution in [0.4, 0.5) is 10.2 Å². The molecule has 6 heteroatoms. The van der Waals surface area contributed by atoms with Crippen molar-refractivity contribution in [3.05, 3.63) is 22.5 Å². The first-order valence-corrected chi connectivity index (χ1v) is 2.15. The summed E-state index contributed by atoms with van der Waals surface area (Å²) in [6.07, 6.45) is 0.741. The van der Waals surface area contributed by atoms with Gasteiger partial charge in [0, 0.05) is 0 Å². The van der Waals surface area contributed by atoms with E-state index in [1.807, 2.05) is 0 Å². The molecule has 0 atom stereocenters. The first-order chi connectivity index (χ1) is 4.20. The fraction of sp³-hybridized carbons (Fsp3) is 0. The Hall–Kier alpha value is -0.390. The third kappa shape index (κ3) is 2.09. The summed E-state index contributed by atoms with van der Waals surface area (Å²) >= 11 is 0. The van der Waals surface area contributed by atoms with Gasteiger partial charge < -0.3 is 15.7 Å². The Bertz CT molecular complexity index is 273. The second-order valence-electron chi connectivity index (χ2n) is 1.39. The van der Waals surface area contributed by atoms with Gasteiger partial charge in [-0.3, -0.25) is 4.79 Å². The maximum absolute atomic E-state index is 12.1. The standard InChI is InChI=1S/C4H4FN3O.Na/c5-2-1-7-4(9)8-3(2)6;/h1H,(H3,6,7,8,9);/q;+1/p-1. The Morgan fingerprint density at radius 3 is 2.70 bits per heavy atom. The van der Waals surface area contributed by atoms with Crippen LogP contribution in [-0.2, 0) is 0 Å². The van der Waals surface area contributed by atoms with Gasteiger partial charge in [0.25, 0.3) is 0 Å². The molecule has 0 bridgehead atoms. The van der Waals surface area contributed by atoms with Crippen LogP contribution in [-0.4, -0.2) is 4.98 Å². The van der Waals surface area contributed by atoms with Crippen LogP contribution in [0.15, 0.2) is 11.0 Å². The number of hydrogen-bond donors (Lipinski definition) is 1. The molecular weight excluding hydrogens is 148 g/mol. The largest absolute Gasteiger partial charge is 1.00 e. The van der Waals surface area contributed by atoms with E-state index in [1.165, 1.54) is 0 Å². The van der Waals surface area contributed by atoms with E-state index in [1.54, 1.807) is 0 Å². The quantitative estimate of drug-likeness (QED) is 0.385. The molecule has 0 saturated carbocycles. The molecule has 2 N–H and O–H groups in total. The van der Waals surface area contributed by atoms with E-state index in [0.29, 0.717) is 0 Å². The summed E-state index contributed by atoms with van der Waals surface area (Å²) in [6.45, 7) is 0. The molecule has 0 aromatic carbocycles. The Morgan fingerprint density at radius 1 is 1.70 bits per heavy atom. The monoisotopic (exact) mass is 151 g/mol. The molecule has 0 fully saturated rings. The Balaban J connectivity index is 0.000000810. The number of anilines is 1. The maximum Gasteiger partial charge on any atom is 1.00 e. The molecule has 0 amide bonds. The summed E-state index contributed by atoms with van der Waals surface area (Å²) in [5.74, 6) is -1.18. The van der Waals surface area contributed by atoms with Gasteiger partial charge in [-0.15, -0.1) is 0 Å². The number of nitrogen functional groups attached to an aromatic ring is 1. The van der Waals surface area contributed by atoms with Gasteiger partial charge in [0.2, 0.25) is 0 Å². The van der Waals surface area contributed by atoms with E-state index >= 15 is 0 Å². The van der Waals surface area contributed by atoms with Crippen molar-refractivity contribution in [3.63, 3.8) is 0 Å². The van der Waals surface area contributed by atoms with Gasteiger partial charge in [0.15, 0.2) is 5.69 Å². The van der Waals surface area contributed by atoms with Crippen LogP contribution < -0.4 is 46.0 Å². The van der Waals surface area contributed by atoms with E-state index in [2.05, 4.69) is 9.97 Å². The molecule has 0 aliphatic heterocycles. The summed E-state index contributed by atoms with van der Waals surface area (Å²) < 4.78 is 12.1. The molecule has 1 aromatic heterocycles. The fourth-order valence-electron chi connectivity index (χ4n) is 0.363. The zero-order valence-corrected chi connectivity index (χ0v) is 7.34. The van der Waals surface area contributed by atoms with Gasteiger partial charge in [-0.2, -0.15) is 0 Å². The van der Waals surface area contributed by atoms with Crippen LogP contribution in [0.3, 0.4) is 0 Å². The smallest absolute Gasteiger partial charge is 0.404 e. The van der Waals surface area contributed by atoms with Gasteiger partial charge in [-0.25, -0.2) is 4.39 Å². The summed E-state index contributed by atoms with van der Waals surface area (Å²) in [5, 5.41) is 0. The Labute approximate surface area is 78.0 Å². The minimum atomic E-state index is -0.770. The third-order valence-corrected chi connectivity index (χ3v) is 0.749. The van der Waals surface area contributed by atoms with Crippen LogP contribution >= 0.6 is 0 Å². The third-order valence-electron chi connectivity index (χ3n) is 0.749. The molecule has 0 radical (unpaired) electrons. The minimum absolute atomic E-state index is 0. The SMILES string of the molecule is Nc1nc(=O)[n-]cc1F.[Na+]. The number of nitrogens with zero attached hydrogens (tertiary/aromatic N) is 2. The van der Waals surface area contributed by atoms with E-state index in [-0.39, 0.29) is 29.6 Å².